The molecule has 0 fully saturated rings. The summed E-state index contributed by atoms with van der Waals surface area (Å²) in [6.45, 7) is 3.49. The molecule has 0 aliphatic heterocycles. The average Bonchev–Trinajstić information content (AvgIpc) is 2.94. The molecule has 0 bridgehead atoms. The maximum absolute atomic E-state index is 12.1. The van der Waals surface area contributed by atoms with Crippen molar-refractivity contribution in [3.05, 3.63) is 41.4 Å². The van der Waals surface area contributed by atoms with E-state index in [4.69, 9.17) is 5.11 Å². The third-order valence-electron chi connectivity index (χ3n) is 2.98. The normalized spacial score (nSPS) is 12.1. The maximum atomic E-state index is 12.1. The highest BCUT2D eigenvalue weighted by Crippen LogP contribution is 2.23. The van der Waals surface area contributed by atoms with Crippen LogP contribution in [0.5, 0.6) is 0 Å². The molecule has 1 heterocycles. The van der Waals surface area contributed by atoms with Gasteiger partial charge in [0.25, 0.3) is 5.91 Å². The molecule has 0 saturated heterocycles. The standard InChI is InChI=1S/C15H16N2O3S/c1-9(2)12(15(19)20)17-13(18)11-8-21-14(16-11)10-6-4-3-5-7-10/h3-9,12H,1-2H3,(H,17,18)(H,19,20)/t12-/m0/s1. The Morgan fingerprint density at radius 2 is 1.90 bits per heavy atom. The maximum Gasteiger partial charge on any atom is 0.326 e. The van der Waals surface area contributed by atoms with Crippen LogP contribution in [0.15, 0.2) is 35.7 Å². The van der Waals surface area contributed by atoms with Gasteiger partial charge in [-0.1, -0.05) is 44.2 Å². The molecule has 110 valence electrons. The number of hydrogen-bond acceptors (Lipinski definition) is 4. The fraction of sp³-hybridized carbons (Fsp3) is 0.267. The summed E-state index contributed by atoms with van der Waals surface area (Å²) >= 11 is 1.36. The smallest absolute Gasteiger partial charge is 0.326 e. The molecule has 1 aromatic heterocycles. The van der Waals surface area contributed by atoms with Gasteiger partial charge in [-0.25, -0.2) is 9.78 Å². The molecular weight excluding hydrogens is 288 g/mol. The number of aromatic nitrogens is 1. The first kappa shape index (κ1) is 15.2. The number of benzene rings is 1. The number of amides is 1. The van der Waals surface area contributed by atoms with Gasteiger partial charge in [0.05, 0.1) is 0 Å². The highest BCUT2D eigenvalue weighted by atomic mass is 32.1. The number of carboxylic acids is 1. The number of carbonyl (C=O) groups is 2. The summed E-state index contributed by atoms with van der Waals surface area (Å²) in [5.41, 5.74) is 1.17. The molecule has 6 heteroatoms. The summed E-state index contributed by atoms with van der Waals surface area (Å²) in [4.78, 5) is 27.4. The zero-order valence-electron chi connectivity index (χ0n) is 11.7. The van der Waals surface area contributed by atoms with Gasteiger partial charge in [0.1, 0.15) is 16.7 Å². The summed E-state index contributed by atoms with van der Waals surface area (Å²) in [6.07, 6.45) is 0. The zero-order valence-corrected chi connectivity index (χ0v) is 12.6. The van der Waals surface area contributed by atoms with Gasteiger partial charge in [-0.15, -0.1) is 11.3 Å². The fourth-order valence-corrected chi connectivity index (χ4v) is 2.63. The minimum atomic E-state index is -1.04. The summed E-state index contributed by atoms with van der Waals surface area (Å²) in [5.74, 6) is -1.70. The first-order chi connectivity index (χ1) is 9.99. The first-order valence-corrected chi connectivity index (χ1v) is 7.41. The van der Waals surface area contributed by atoms with Crippen molar-refractivity contribution in [3.8, 4) is 10.6 Å². The van der Waals surface area contributed by atoms with Crippen molar-refractivity contribution >= 4 is 23.2 Å². The molecule has 0 unspecified atom stereocenters. The number of rotatable bonds is 5. The van der Waals surface area contributed by atoms with Crippen LogP contribution in [0, 0.1) is 5.92 Å². The van der Waals surface area contributed by atoms with Crippen molar-refractivity contribution in [2.24, 2.45) is 5.92 Å². The SMILES string of the molecule is CC(C)[C@H](NC(=O)c1csc(-c2ccccc2)n1)C(=O)O. The van der Waals surface area contributed by atoms with Crippen LogP contribution in [0.2, 0.25) is 0 Å². The number of aliphatic carboxylic acids is 1. The van der Waals surface area contributed by atoms with Crippen LogP contribution in [0.4, 0.5) is 0 Å². The van der Waals surface area contributed by atoms with Gasteiger partial charge in [-0.05, 0) is 5.92 Å². The Kier molecular flexibility index (Phi) is 4.70. The number of thiazole rings is 1. The number of nitrogens with one attached hydrogen (secondary N) is 1. The lowest BCUT2D eigenvalue weighted by molar-refractivity contribution is -0.140. The molecule has 5 nitrogen and oxygen atoms in total. The van der Waals surface area contributed by atoms with E-state index in [2.05, 4.69) is 10.3 Å². The predicted molar refractivity (Wildman–Crippen MR) is 81.3 cm³/mol. The van der Waals surface area contributed by atoms with Crippen LogP contribution in [-0.2, 0) is 4.79 Å². The minimum Gasteiger partial charge on any atom is -0.480 e. The Balaban J connectivity index is 2.14. The molecule has 1 atom stereocenters. The lowest BCUT2D eigenvalue weighted by Crippen LogP contribution is -2.44. The van der Waals surface area contributed by atoms with Gasteiger partial charge >= 0.3 is 5.97 Å². The van der Waals surface area contributed by atoms with Crippen LogP contribution in [0.25, 0.3) is 10.6 Å². The number of carbonyl (C=O) groups excluding carboxylic acids is 1. The van der Waals surface area contributed by atoms with E-state index in [1.807, 2.05) is 30.3 Å². The Morgan fingerprint density at radius 3 is 2.48 bits per heavy atom. The Hall–Kier alpha value is -2.21. The molecule has 0 aliphatic rings. The summed E-state index contributed by atoms with van der Waals surface area (Å²) < 4.78 is 0. The topological polar surface area (TPSA) is 79.3 Å². The van der Waals surface area contributed by atoms with Crippen LogP contribution < -0.4 is 5.32 Å². The van der Waals surface area contributed by atoms with E-state index in [-0.39, 0.29) is 11.6 Å². The third kappa shape index (κ3) is 3.66. The van der Waals surface area contributed by atoms with Crippen molar-refractivity contribution < 1.29 is 14.7 Å². The predicted octanol–water partition coefficient (Wildman–Crippen LogP) is 2.65. The van der Waals surface area contributed by atoms with Crippen LogP contribution in [0.1, 0.15) is 24.3 Å². The molecule has 2 N–H and O–H groups in total. The van der Waals surface area contributed by atoms with E-state index < -0.39 is 17.9 Å². The summed E-state index contributed by atoms with van der Waals surface area (Å²) in [7, 11) is 0. The van der Waals surface area contributed by atoms with Gasteiger partial charge in [-0.2, -0.15) is 0 Å². The molecule has 2 aromatic rings. The van der Waals surface area contributed by atoms with E-state index in [1.54, 1.807) is 19.2 Å². The molecule has 21 heavy (non-hydrogen) atoms. The van der Waals surface area contributed by atoms with Gasteiger partial charge in [0.2, 0.25) is 0 Å². The van der Waals surface area contributed by atoms with Crippen molar-refractivity contribution in [2.45, 2.75) is 19.9 Å². The van der Waals surface area contributed by atoms with Gasteiger partial charge in [0.15, 0.2) is 0 Å². The van der Waals surface area contributed by atoms with Gasteiger partial charge in [-0.3, -0.25) is 4.79 Å². The molecule has 2 rings (SSSR count). The zero-order chi connectivity index (χ0) is 15.4. The Bertz CT molecular complexity index is 637. The average molecular weight is 304 g/mol. The van der Waals surface area contributed by atoms with Crippen LogP contribution in [0.3, 0.4) is 0 Å². The van der Waals surface area contributed by atoms with E-state index in [1.165, 1.54) is 11.3 Å². The van der Waals surface area contributed by atoms with E-state index in [9.17, 15) is 9.59 Å². The van der Waals surface area contributed by atoms with Crippen molar-refractivity contribution in [3.63, 3.8) is 0 Å². The Morgan fingerprint density at radius 1 is 1.24 bits per heavy atom. The second-order valence-corrected chi connectivity index (χ2v) is 5.80. The van der Waals surface area contributed by atoms with Crippen LogP contribution in [-0.4, -0.2) is 28.0 Å². The molecule has 0 radical (unpaired) electrons. The third-order valence-corrected chi connectivity index (χ3v) is 3.87. The molecule has 0 aliphatic carbocycles. The van der Waals surface area contributed by atoms with Crippen molar-refractivity contribution in [2.75, 3.05) is 0 Å². The van der Waals surface area contributed by atoms with Crippen molar-refractivity contribution in [1.29, 1.82) is 0 Å². The molecule has 0 spiro atoms. The number of carboxylic acid groups (broad SMARTS) is 1. The summed E-state index contributed by atoms with van der Waals surface area (Å²) in [5, 5.41) is 14.0. The fourth-order valence-electron chi connectivity index (χ4n) is 1.82. The minimum absolute atomic E-state index is 0.196. The first-order valence-electron chi connectivity index (χ1n) is 6.53. The van der Waals surface area contributed by atoms with Crippen LogP contribution >= 0.6 is 11.3 Å². The quantitative estimate of drug-likeness (QED) is 0.890. The second kappa shape index (κ2) is 6.49. The molecule has 1 amide bonds. The highest BCUT2D eigenvalue weighted by Gasteiger charge is 2.25. The van der Waals surface area contributed by atoms with Gasteiger partial charge in [0, 0.05) is 10.9 Å². The lowest BCUT2D eigenvalue weighted by atomic mass is 10.0. The van der Waals surface area contributed by atoms with E-state index in [0.717, 1.165) is 10.6 Å². The van der Waals surface area contributed by atoms with Crippen molar-refractivity contribution in [1.82, 2.24) is 10.3 Å². The van der Waals surface area contributed by atoms with Gasteiger partial charge < -0.3 is 10.4 Å². The molecule has 1 aromatic carbocycles. The monoisotopic (exact) mass is 304 g/mol. The number of nitrogens with zero attached hydrogens (tertiary/aromatic N) is 1. The van der Waals surface area contributed by atoms with E-state index in [0.29, 0.717) is 0 Å². The summed E-state index contributed by atoms with van der Waals surface area (Å²) in [6, 6.07) is 8.61. The molecular formula is C15H16N2O3S. The van der Waals surface area contributed by atoms with E-state index >= 15 is 0 Å². The highest BCUT2D eigenvalue weighted by molar-refractivity contribution is 7.13. The second-order valence-electron chi connectivity index (χ2n) is 4.94. The number of hydrogen-bond donors (Lipinski definition) is 2. The largest absolute Gasteiger partial charge is 0.480 e. The lowest BCUT2D eigenvalue weighted by Gasteiger charge is -2.16. The molecule has 0 saturated carbocycles. The Labute approximate surface area is 126 Å².